The van der Waals surface area contributed by atoms with E-state index in [4.69, 9.17) is 4.74 Å². The number of carbonyl (C=O) groups is 1. The summed E-state index contributed by atoms with van der Waals surface area (Å²) in [5, 5.41) is 0. The van der Waals surface area contributed by atoms with Gasteiger partial charge in [-0.1, -0.05) is 38.1 Å². The van der Waals surface area contributed by atoms with E-state index in [2.05, 4.69) is 43.1 Å². The normalized spacial score (nSPS) is 11.1. The van der Waals surface area contributed by atoms with Crippen molar-refractivity contribution in [3.8, 4) is 0 Å². The summed E-state index contributed by atoms with van der Waals surface area (Å²) >= 11 is 0. The Hall–Kier alpha value is -2.42. The average Bonchev–Trinajstić information content (AvgIpc) is 2.54. The first-order valence-corrected chi connectivity index (χ1v) is 7.51. The van der Waals surface area contributed by atoms with Crippen LogP contribution in [-0.2, 0) is 4.74 Å². The largest absolute Gasteiger partial charge is 0.462 e. The van der Waals surface area contributed by atoms with Crippen molar-refractivity contribution in [2.75, 3.05) is 6.61 Å². The van der Waals surface area contributed by atoms with Crippen molar-refractivity contribution in [1.29, 1.82) is 0 Å². The second-order valence-corrected chi connectivity index (χ2v) is 5.35. The first kappa shape index (κ1) is 16.0. The third-order valence-electron chi connectivity index (χ3n) is 3.34. The summed E-state index contributed by atoms with van der Waals surface area (Å²) < 4.78 is 4.95. The third-order valence-corrected chi connectivity index (χ3v) is 3.34. The maximum Gasteiger partial charge on any atom is 0.338 e. The number of aliphatic imine (C=N–C) groups is 1. The molecule has 22 heavy (non-hydrogen) atoms. The van der Waals surface area contributed by atoms with Crippen LogP contribution in [0.3, 0.4) is 0 Å². The summed E-state index contributed by atoms with van der Waals surface area (Å²) in [5.41, 5.74) is 3.72. The molecule has 3 heteroatoms. The van der Waals surface area contributed by atoms with Crippen LogP contribution < -0.4 is 0 Å². The van der Waals surface area contributed by atoms with Crippen LogP contribution in [-0.4, -0.2) is 18.8 Å². The lowest BCUT2D eigenvalue weighted by atomic mass is 10.0. The van der Waals surface area contributed by atoms with E-state index in [1.807, 2.05) is 18.3 Å². The van der Waals surface area contributed by atoms with Crippen molar-refractivity contribution in [1.82, 2.24) is 0 Å². The van der Waals surface area contributed by atoms with Crippen LogP contribution in [0, 0.1) is 0 Å². The van der Waals surface area contributed by atoms with Crippen LogP contribution in [0.5, 0.6) is 0 Å². The number of carbonyl (C=O) groups excluding carboxylic acids is 1. The fourth-order valence-electron chi connectivity index (χ4n) is 2.01. The fraction of sp³-hybridized carbons (Fsp3) is 0.263. The van der Waals surface area contributed by atoms with Gasteiger partial charge in [0.2, 0.25) is 0 Å². The minimum Gasteiger partial charge on any atom is -0.462 e. The molecule has 0 saturated heterocycles. The Balaban J connectivity index is 2.05. The van der Waals surface area contributed by atoms with Gasteiger partial charge in [-0.05, 0) is 48.2 Å². The SMILES string of the molecule is CCOC(=O)c1ccc(N=Cc2ccc(C(C)C)cc2)cc1. The lowest BCUT2D eigenvalue weighted by Gasteiger charge is -2.04. The molecule has 0 atom stereocenters. The van der Waals surface area contributed by atoms with Gasteiger partial charge in [-0.3, -0.25) is 4.99 Å². The van der Waals surface area contributed by atoms with E-state index in [1.165, 1.54) is 5.56 Å². The Morgan fingerprint density at radius 2 is 1.73 bits per heavy atom. The minimum atomic E-state index is -0.303. The van der Waals surface area contributed by atoms with Gasteiger partial charge in [0.25, 0.3) is 0 Å². The molecule has 0 radical (unpaired) electrons. The number of rotatable bonds is 5. The molecule has 0 aliphatic rings. The first-order valence-electron chi connectivity index (χ1n) is 7.51. The molecule has 0 heterocycles. The van der Waals surface area contributed by atoms with Crippen LogP contribution in [0.1, 0.15) is 48.2 Å². The molecular formula is C19H21NO2. The molecule has 0 N–H and O–H groups in total. The highest BCUT2D eigenvalue weighted by molar-refractivity contribution is 5.90. The van der Waals surface area contributed by atoms with E-state index >= 15 is 0 Å². The van der Waals surface area contributed by atoms with E-state index in [9.17, 15) is 4.79 Å². The molecule has 0 aliphatic carbocycles. The summed E-state index contributed by atoms with van der Waals surface area (Å²) in [6.07, 6.45) is 1.82. The molecule has 0 aliphatic heterocycles. The van der Waals surface area contributed by atoms with E-state index < -0.39 is 0 Å². The Bertz CT molecular complexity index is 640. The van der Waals surface area contributed by atoms with Crippen molar-refractivity contribution in [3.05, 3.63) is 65.2 Å². The quantitative estimate of drug-likeness (QED) is 0.590. The molecule has 2 rings (SSSR count). The molecule has 0 fully saturated rings. The maximum atomic E-state index is 11.6. The number of hydrogen-bond donors (Lipinski definition) is 0. The number of hydrogen-bond acceptors (Lipinski definition) is 3. The molecule has 114 valence electrons. The Morgan fingerprint density at radius 1 is 1.09 bits per heavy atom. The summed E-state index contributed by atoms with van der Waals surface area (Å²) in [4.78, 5) is 16.0. The van der Waals surface area contributed by atoms with Gasteiger partial charge in [0.1, 0.15) is 0 Å². The van der Waals surface area contributed by atoms with Crippen molar-refractivity contribution in [2.24, 2.45) is 4.99 Å². The predicted molar refractivity (Wildman–Crippen MR) is 90.2 cm³/mol. The van der Waals surface area contributed by atoms with E-state index in [0.29, 0.717) is 18.1 Å². The van der Waals surface area contributed by atoms with Crippen LogP contribution in [0.25, 0.3) is 0 Å². The van der Waals surface area contributed by atoms with Gasteiger partial charge in [0, 0.05) is 6.21 Å². The Kier molecular flexibility index (Phi) is 5.48. The average molecular weight is 295 g/mol. The molecule has 0 bridgehead atoms. The van der Waals surface area contributed by atoms with Crippen LogP contribution in [0.4, 0.5) is 5.69 Å². The van der Waals surface area contributed by atoms with Gasteiger partial charge in [-0.15, -0.1) is 0 Å². The number of nitrogens with zero attached hydrogens (tertiary/aromatic N) is 1. The van der Waals surface area contributed by atoms with Crippen LogP contribution in [0.2, 0.25) is 0 Å². The lowest BCUT2D eigenvalue weighted by molar-refractivity contribution is 0.0526. The molecule has 0 spiro atoms. The minimum absolute atomic E-state index is 0.303. The topological polar surface area (TPSA) is 38.7 Å². The zero-order chi connectivity index (χ0) is 15.9. The maximum absolute atomic E-state index is 11.6. The highest BCUT2D eigenvalue weighted by Crippen LogP contribution is 2.16. The molecule has 3 nitrogen and oxygen atoms in total. The number of benzene rings is 2. The molecular weight excluding hydrogens is 274 g/mol. The van der Waals surface area contributed by atoms with E-state index in [-0.39, 0.29) is 5.97 Å². The summed E-state index contributed by atoms with van der Waals surface area (Å²) in [6.45, 7) is 6.52. The Labute approximate surface area is 131 Å². The zero-order valence-electron chi connectivity index (χ0n) is 13.2. The van der Waals surface area contributed by atoms with Gasteiger partial charge in [-0.2, -0.15) is 0 Å². The van der Waals surface area contributed by atoms with Crippen molar-refractivity contribution >= 4 is 17.9 Å². The number of esters is 1. The smallest absolute Gasteiger partial charge is 0.338 e. The van der Waals surface area contributed by atoms with Crippen LogP contribution in [0.15, 0.2) is 53.5 Å². The van der Waals surface area contributed by atoms with Gasteiger partial charge in [0.05, 0.1) is 17.9 Å². The summed E-state index contributed by atoms with van der Waals surface area (Å²) in [7, 11) is 0. The van der Waals surface area contributed by atoms with Gasteiger partial charge >= 0.3 is 5.97 Å². The Morgan fingerprint density at radius 3 is 2.27 bits per heavy atom. The monoisotopic (exact) mass is 295 g/mol. The third kappa shape index (κ3) is 4.29. The van der Waals surface area contributed by atoms with Crippen molar-refractivity contribution in [3.63, 3.8) is 0 Å². The fourth-order valence-corrected chi connectivity index (χ4v) is 2.01. The second kappa shape index (κ2) is 7.55. The van der Waals surface area contributed by atoms with Crippen molar-refractivity contribution < 1.29 is 9.53 Å². The molecule has 0 unspecified atom stereocenters. The molecule has 2 aromatic carbocycles. The van der Waals surface area contributed by atoms with Gasteiger partial charge in [0.15, 0.2) is 0 Å². The predicted octanol–water partition coefficient (Wildman–Crippen LogP) is 4.74. The molecule has 2 aromatic rings. The first-order chi connectivity index (χ1) is 10.6. The van der Waals surface area contributed by atoms with Gasteiger partial charge in [-0.25, -0.2) is 4.79 Å². The van der Waals surface area contributed by atoms with Gasteiger partial charge < -0.3 is 4.74 Å². The summed E-state index contributed by atoms with van der Waals surface area (Å²) in [6, 6.07) is 15.4. The highest BCUT2D eigenvalue weighted by atomic mass is 16.5. The second-order valence-electron chi connectivity index (χ2n) is 5.35. The standard InChI is InChI=1S/C19H21NO2/c1-4-22-19(21)17-9-11-18(12-10-17)20-13-15-5-7-16(8-6-15)14(2)3/h5-14H,4H2,1-3H3. The van der Waals surface area contributed by atoms with E-state index in [0.717, 1.165) is 11.3 Å². The highest BCUT2D eigenvalue weighted by Gasteiger charge is 2.04. The molecule has 0 saturated carbocycles. The molecule has 0 aromatic heterocycles. The number of ether oxygens (including phenoxy) is 1. The van der Waals surface area contributed by atoms with Crippen molar-refractivity contribution in [2.45, 2.75) is 26.7 Å². The molecule has 0 amide bonds. The summed E-state index contributed by atoms with van der Waals surface area (Å²) in [5.74, 6) is 0.226. The zero-order valence-corrected chi connectivity index (χ0v) is 13.2. The van der Waals surface area contributed by atoms with E-state index in [1.54, 1.807) is 19.1 Å². The lowest BCUT2D eigenvalue weighted by Crippen LogP contribution is -2.03. The van der Waals surface area contributed by atoms with Crippen LogP contribution >= 0.6 is 0 Å².